The molecule has 5 heteroatoms. The second-order valence-electron chi connectivity index (χ2n) is 5.41. The Morgan fingerprint density at radius 1 is 0.955 bits per heavy atom. The highest BCUT2D eigenvalue weighted by Gasteiger charge is 2.10. The topological polar surface area (TPSA) is 56.9 Å². The third kappa shape index (κ3) is 2.45. The minimum Gasteiger partial charge on any atom is -0.280 e. The summed E-state index contributed by atoms with van der Waals surface area (Å²) >= 11 is 0. The molecule has 0 spiro atoms. The van der Waals surface area contributed by atoms with Crippen molar-refractivity contribution < 1.29 is 0 Å². The van der Waals surface area contributed by atoms with Crippen molar-refractivity contribution in [2.75, 3.05) is 0 Å². The molecule has 22 heavy (non-hydrogen) atoms. The number of aryl methyl sites for hydroxylation is 3. The van der Waals surface area contributed by atoms with Gasteiger partial charge in [-0.1, -0.05) is 30.3 Å². The van der Waals surface area contributed by atoms with Crippen LogP contribution in [-0.4, -0.2) is 14.1 Å². The van der Waals surface area contributed by atoms with Gasteiger partial charge in [0.2, 0.25) is 0 Å². The van der Waals surface area contributed by atoms with Gasteiger partial charge in [0, 0.05) is 20.3 Å². The molecular weight excluding hydrogens is 278 g/mol. The SMILES string of the molecule is Cn1c(=O)c2cc(CCc3ccccc3)cnc2n(C)c1=O. The van der Waals surface area contributed by atoms with Gasteiger partial charge in [0.05, 0.1) is 5.39 Å². The molecule has 0 saturated heterocycles. The van der Waals surface area contributed by atoms with E-state index in [1.165, 1.54) is 17.2 Å². The van der Waals surface area contributed by atoms with E-state index in [1.807, 2.05) is 24.3 Å². The first-order valence-electron chi connectivity index (χ1n) is 7.16. The van der Waals surface area contributed by atoms with Crippen LogP contribution in [0.5, 0.6) is 0 Å². The summed E-state index contributed by atoms with van der Waals surface area (Å²) in [6, 6.07) is 12.0. The highest BCUT2D eigenvalue weighted by molar-refractivity contribution is 5.74. The molecule has 2 aromatic heterocycles. The van der Waals surface area contributed by atoms with Crippen molar-refractivity contribution in [1.29, 1.82) is 0 Å². The van der Waals surface area contributed by atoms with Crippen LogP contribution in [0.25, 0.3) is 11.0 Å². The monoisotopic (exact) mass is 295 g/mol. The van der Waals surface area contributed by atoms with Crippen LogP contribution in [0.4, 0.5) is 0 Å². The lowest BCUT2D eigenvalue weighted by atomic mass is 10.1. The number of hydrogen-bond donors (Lipinski definition) is 0. The van der Waals surface area contributed by atoms with E-state index in [0.717, 1.165) is 23.0 Å². The van der Waals surface area contributed by atoms with Crippen LogP contribution < -0.4 is 11.2 Å². The normalized spacial score (nSPS) is 11.0. The zero-order chi connectivity index (χ0) is 15.7. The van der Waals surface area contributed by atoms with Crippen LogP contribution in [0.3, 0.4) is 0 Å². The molecule has 112 valence electrons. The highest BCUT2D eigenvalue weighted by Crippen LogP contribution is 2.10. The molecule has 0 atom stereocenters. The lowest BCUT2D eigenvalue weighted by molar-refractivity contribution is 0.707. The molecule has 0 fully saturated rings. The molecule has 0 radical (unpaired) electrons. The zero-order valence-electron chi connectivity index (χ0n) is 12.6. The third-order valence-electron chi connectivity index (χ3n) is 3.90. The fourth-order valence-electron chi connectivity index (χ4n) is 2.58. The van der Waals surface area contributed by atoms with Gasteiger partial charge in [-0.25, -0.2) is 9.78 Å². The Labute approximate surface area is 127 Å². The van der Waals surface area contributed by atoms with Gasteiger partial charge in [-0.3, -0.25) is 13.9 Å². The van der Waals surface area contributed by atoms with Crippen molar-refractivity contribution in [3.63, 3.8) is 0 Å². The first-order valence-corrected chi connectivity index (χ1v) is 7.16. The molecule has 3 aromatic rings. The van der Waals surface area contributed by atoms with Crippen molar-refractivity contribution in [1.82, 2.24) is 14.1 Å². The Bertz CT molecular complexity index is 940. The van der Waals surface area contributed by atoms with Crippen molar-refractivity contribution in [2.24, 2.45) is 14.1 Å². The standard InChI is InChI=1S/C17H17N3O2/c1-19-15-14(16(21)20(2)17(19)22)10-13(11-18-15)9-8-12-6-4-3-5-7-12/h3-7,10-11H,8-9H2,1-2H3. The van der Waals surface area contributed by atoms with Crippen LogP contribution in [0.15, 0.2) is 52.2 Å². The minimum atomic E-state index is -0.359. The number of rotatable bonds is 3. The summed E-state index contributed by atoms with van der Waals surface area (Å²) < 4.78 is 2.52. The molecule has 0 bridgehead atoms. The van der Waals surface area contributed by atoms with Crippen molar-refractivity contribution in [3.8, 4) is 0 Å². The van der Waals surface area contributed by atoms with Crippen LogP contribution in [0, 0.1) is 0 Å². The van der Waals surface area contributed by atoms with Crippen LogP contribution in [0.1, 0.15) is 11.1 Å². The van der Waals surface area contributed by atoms with E-state index in [2.05, 4.69) is 17.1 Å². The first kappa shape index (κ1) is 14.3. The molecule has 0 aliphatic rings. The number of pyridine rings is 1. The average molecular weight is 295 g/mol. The fraction of sp³-hybridized carbons (Fsp3) is 0.235. The Morgan fingerprint density at radius 3 is 2.36 bits per heavy atom. The van der Waals surface area contributed by atoms with E-state index in [0.29, 0.717) is 11.0 Å². The van der Waals surface area contributed by atoms with Gasteiger partial charge in [0.25, 0.3) is 5.56 Å². The van der Waals surface area contributed by atoms with Crippen LogP contribution >= 0.6 is 0 Å². The second kappa shape index (κ2) is 5.60. The summed E-state index contributed by atoms with van der Waals surface area (Å²) in [5.74, 6) is 0. The van der Waals surface area contributed by atoms with E-state index in [4.69, 9.17) is 0 Å². The number of benzene rings is 1. The summed E-state index contributed by atoms with van der Waals surface area (Å²) in [6.07, 6.45) is 3.43. The molecule has 0 aliphatic carbocycles. The minimum absolute atomic E-state index is 0.299. The predicted molar refractivity (Wildman–Crippen MR) is 86.1 cm³/mol. The number of hydrogen-bond acceptors (Lipinski definition) is 3. The summed E-state index contributed by atoms with van der Waals surface area (Å²) in [5.41, 5.74) is 2.01. The molecule has 1 aromatic carbocycles. The number of nitrogens with zero attached hydrogens (tertiary/aromatic N) is 3. The highest BCUT2D eigenvalue weighted by atomic mass is 16.2. The maximum atomic E-state index is 12.2. The molecule has 0 unspecified atom stereocenters. The van der Waals surface area contributed by atoms with E-state index < -0.39 is 0 Å². The zero-order valence-corrected chi connectivity index (χ0v) is 12.6. The maximum absolute atomic E-state index is 12.2. The Kier molecular flexibility index (Phi) is 3.63. The van der Waals surface area contributed by atoms with Gasteiger partial charge in [0.1, 0.15) is 5.65 Å². The largest absolute Gasteiger partial charge is 0.332 e. The summed E-state index contributed by atoms with van der Waals surface area (Å²) in [5, 5.41) is 0.482. The van der Waals surface area contributed by atoms with E-state index in [1.54, 1.807) is 13.2 Å². The summed E-state index contributed by atoms with van der Waals surface area (Å²) in [4.78, 5) is 28.4. The lowest BCUT2D eigenvalue weighted by Gasteiger charge is -2.08. The lowest BCUT2D eigenvalue weighted by Crippen LogP contribution is -2.37. The number of fused-ring (bicyclic) bond motifs is 1. The van der Waals surface area contributed by atoms with Gasteiger partial charge in [0.15, 0.2) is 0 Å². The van der Waals surface area contributed by atoms with E-state index in [-0.39, 0.29) is 11.2 Å². The Balaban J connectivity index is 2.00. The van der Waals surface area contributed by atoms with Gasteiger partial charge in [-0.2, -0.15) is 0 Å². The molecule has 0 N–H and O–H groups in total. The maximum Gasteiger partial charge on any atom is 0.332 e. The quantitative estimate of drug-likeness (QED) is 0.734. The van der Waals surface area contributed by atoms with E-state index in [9.17, 15) is 9.59 Å². The summed E-state index contributed by atoms with van der Waals surface area (Å²) in [7, 11) is 3.11. The molecule has 2 heterocycles. The molecule has 0 saturated carbocycles. The van der Waals surface area contributed by atoms with Gasteiger partial charge in [-0.05, 0) is 30.0 Å². The molecule has 5 nitrogen and oxygen atoms in total. The van der Waals surface area contributed by atoms with Crippen molar-refractivity contribution in [3.05, 3.63) is 74.6 Å². The predicted octanol–water partition coefficient (Wildman–Crippen LogP) is 1.42. The Morgan fingerprint density at radius 2 is 1.64 bits per heavy atom. The van der Waals surface area contributed by atoms with Crippen molar-refractivity contribution >= 4 is 11.0 Å². The first-order chi connectivity index (χ1) is 10.6. The second-order valence-corrected chi connectivity index (χ2v) is 5.41. The van der Waals surface area contributed by atoms with Crippen molar-refractivity contribution in [2.45, 2.75) is 12.8 Å². The summed E-state index contributed by atoms with van der Waals surface area (Å²) in [6.45, 7) is 0. The molecule has 0 amide bonds. The Hall–Kier alpha value is -2.69. The van der Waals surface area contributed by atoms with Crippen LogP contribution in [0.2, 0.25) is 0 Å². The van der Waals surface area contributed by atoms with Crippen LogP contribution in [-0.2, 0) is 26.9 Å². The molecular formula is C17H17N3O2. The molecule has 0 aliphatic heterocycles. The van der Waals surface area contributed by atoms with Gasteiger partial charge < -0.3 is 0 Å². The smallest absolute Gasteiger partial charge is 0.280 e. The fourth-order valence-corrected chi connectivity index (χ4v) is 2.58. The average Bonchev–Trinajstić information content (AvgIpc) is 2.57. The molecule has 3 rings (SSSR count). The number of aromatic nitrogens is 3. The van der Waals surface area contributed by atoms with E-state index >= 15 is 0 Å². The third-order valence-corrected chi connectivity index (χ3v) is 3.90. The van der Waals surface area contributed by atoms with Gasteiger partial charge in [-0.15, -0.1) is 0 Å². The van der Waals surface area contributed by atoms with Gasteiger partial charge >= 0.3 is 5.69 Å².